The van der Waals surface area contributed by atoms with E-state index in [0.717, 1.165) is 19.4 Å². The number of hydrogen-bond donors (Lipinski definition) is 1. The fraction of sp³-hybridized carbons (Fsp3) is 0.818. The largest absolute Gasteiger partial charge is 0.444 e. The Morgan fingerprint density at radius 1 is 1.50 bits per heavy atom. The molecule has 16 heavy (non-hydrogen) atoms. The lowest BCUT2D eigenvalue weighted by Gasteiger charge is -2.28. The van der Waals surface area contributed by atoms with Gasteiger partial charge in [-0.3, -0.25) is 4.90 Å². The normalized spacial score (nSPS) is 20.8. The van der Waals surface area contributed by atoms with E-state index in [0.29, 0.717) is 4.99 Å². The lowest BCUT2D eigenvalue weighted by molar-refractivity contribution is 0.0266. The first-order chi connectivity index (χ1) is 7.35. The van der Waals surface area contributed by atoms with E-state index in [9.17, 15) is 4.79 Å². The molecule has 0 saturated carbocycles. The summed E-state index contributed by atoms with van der Waals surface area (Å²) in [6.07, 6.45) is 1.62. The van der Waals surface area contributed by atoms with Crippen LogP contribution in [0.4, 0.5) is 4.79 Å². The lowest BCUT2D eigenvalue weighted by atomic mass is 10.2. The van der Waals surface area contributed by atoms with Crippen LogP contribution in [0, 0.1) is 0 Å². The van der Waals surface area contributed by atoms with Gasteiger partial charge in [-0.05, 0) is 33.6 Å². The van der Waals surface area contributed by atoms with Gasteiger partial charge in [0, 0.05) is 13.6 Å². The molecule has 1 aliphatic heterocycles. The minimum absolute atomic E-state index is 0.00477. The molecule has 1 heterocycles. The summed E-state index contributed by atoms with van der Waals surface area (Å²) in [6.45, 7) is 6.33. The number of amides is 1. The maximum absolute atomic E-state index is 11.9. The van der Waals surface area contributed by atoms with Gasteiger partial charge in [0.2, 0.25) is 0 Å². The molecular weight excluding hydrogens is 224 g/mol. The maximum Gasteiger partial charge on any atom is 0.410 e. The van der Waals surface area contributed by atoms with Gasteiger partial charge in [-0.1, -0.05) is 12.2 Å². The molecule has 1 amide bonds. The van der Waals surface area contributed by atoms with Crippen molar-refractivity contribution in [3.8, 4) is 0 Å². The third-order valence-electron chi connectivity index (χ3n) is 2.43. The van der Waals surface area contributed by atoms with Crippen LogP contribution in [0.2, 0.25) is 0 Å². The second-order valence-electron chi connectivity index (χ2n) is 4.95. The number of carbonyl (C=O) groups excluding carboxylic acids is 1. The molecule has 92 valence electrons. The zero-order valence-corrected chi connectivity index (χ0v) is 11.2. The molecule has 0 aliphatic carbocycles. The van der Waals surface area contributed by atoms with Crippen molar-refractivity contribution in [2.45, 2.75) is 45.3 Å². The highest BCUT2D eigenvalue weighted by molar-refractivity contribution is 7.80. The van der Waals surface area contributed by atoms with Crippen molar-refractivity contribution >= 4 is 23.3 Å². The molecule has 0 radical (unpaired) electrons. The summed E-state index contributed by atoms with van der Waals surface area (Å²) in [5, 5.41) is 2.94. The molecule has 0 unspecified atom stereocenters. The third-order valence-corrected chi connectivity index (χ3v) is 2.91. The molecule has 1 saturated heterocycles. The smallest absolute Gasteiger partial charge is 0.410 e. The first-order valence-corrected chi connectivity index (χ1v) is 5.97. The van der Waals surface area contributed by atoms with Crippen LogP contribution < -0.4 is 5.32 Å². The van der Waals surface area contributed by atoms with E-state index in [2.05, 4.69) is 5.32 Å². The summed E-state index contributed by atoms with van der Waals surface area (Å²) in [5.41, 5.74) is -0.453. The summed E-state index contributed by atoms with van der Waals surface area (Å²) in [4.78, 5) is 14.3. The molecule has 5 heteroatoms. The van der Waals surface area contributed by atoms with Crippen molar-refractivity contribution in [1.29, 1.82) is 0 Å². The number of likely N-dealkylation sites (tertiary alicyclic amines) is 1. The highest BCUT2D eigenvalue weighted by Crippen LogP contribution is 2.21. The molecule has 4 nitrogen and oxygen atoms in total. The number of rotatable bonds is 1. The van der Waals surface area contributed by atoms with Crippen molar-refractivity contribution in [1.82, 2.24) is 10.2 Å². The predicted octanol–water partition coefficient (Wildman–Crippen LogP) is 1.93. The van der Waals surface area contributed by atoms with Gasteiger partial charge in [0.1, 0.15) is 5.60 Å². The summed E-state index contributed by atoms with van der Waals surface area (Å²) in [6, 6.07) is -0.00477. The molecule has 1 rings (SSSR count). The molecule has 0 bridgehead atoms. The average molecular weight is 244 g/mol. The number of nitrogens with one attached hydrogen (secondary N) is 1. The highest BCUT2D eigenvalue weighted by atomic mass is 32.1. The van der Waals surface area contributed by atoms with Gasteiger partial charge in [0.25, 0.3) is 0 Å². The van der Waals surface area contributed by atoms with E-state index >= 15 is 0 Å². The summed E-state index contributed by atoms with van der Waals surface area (Å²) in [7, 11) is 1.79. The Bertz CT molecular complexity index is 286. The van der Waals surface area contributed by atoms with Crippen molar-refractivity contribution in [3.05, 3.63) is 0 Å². The minimum Gasteiger partial charge on any atom is -0.444 e. The molecule has 1 N–H and O–H groups in total. The van der Waals surface area contributed by atoms with Crippen LogP contribution in [0.15, 0.2) is 0 Å². The fourth-order valence-electron chi connectivity index (χ4n) is 1.74. The first kappa shape index (κ1) is 13.2. The number of carbonyl (C=O) groups is 1. The highest BCUT2D eigenvalue weighted by Gasteiger charge is 2.34. The van der Waals surface area contributed by atoms with E-state index in [1.807, 2.05) is 20.8 Å². The minimum atomic E-state index is -0.453. The van der Waals surface area contributed by atoms with Crippen molar-refractivity contribution in [2.75, 3.05) is 13.6 Å². The third kappa shape index (κ3) is 3.33. The maximum atomic E-state index is 11.9. The monoisotopic (exact) mass is 244 g/mol. The summed E-state index contributed by atoms with van der Waals surface area (Å²) < 4.78 is 5.35. The standard InChI is InChI=1S/C11H20N2O2S/c1-11(2,3)15-10(14)13-7-5-6-8(13)9(16)12-4/h8H,5-7H2,1-4H3,(H,12,16)/t8-/m0/s1. The number of nitrogens with zero attached hydrogens (tertiary/aromatic N) is 1. The Kier molecular flexibility index (Phi) is 4.13. The van der Waals surface area contributed by atoms with E-state index in [-0.39, 0.29) is 12.1 Å². The van der Waals surface area contributed by atoms with E-state index < -0.39 is 5.60 Å². The van der Waals surface area contributed by atoms with Crippen molar-refractivity contribution in [3.63, 3.8) is 0 Å². The van der Waals surface area contributed by atoms with Crippen LogP contribution in [0.5, 0.6) is 0 Å². The number of thiocarbonyl (C=S) groups is 1. The Morgan fingerprint density at radius 2 is 2.12 bits per heavy atom. The van der Waals surface area contributed by atoms with Crippen LogP contribution in [0.3, 0.4) is 0 Å². The molecule has 0 spiro atoms. The first-order valence-electron chi connectivity index (χ1n) is 5.56. The molecule has 1 aliphatic rings. The van der Waals surface area contributed by atoms with Crippen LogP contribution in [-0.4, -0.2) is 41.2 Å². The van der Waals surface area contributed by atoms with Gasteiger partial charge in [-0.15, -0.1) is 0 Å². The van der Waals surface area contributed by atoms with Gasteiger partial charge in [0.15, 0.2) is 0 Å². The molecular formula is C11H20N2O2S. The fourth-order valence-corrected chi connectivity index (χ4v) is 1.99. The Labute approximate surface area is 102 Å². The summed E-state index contributed by atoms with van der Waals surface area (Å²) >= 11 is 5.19. The van der Waals surface area contributed by atoms with Gasteiger partial charge in [-0.2, -0.15) is 0 Å². The van der Waals surface area contributed by atoms with Crippen molar-refractivity contribution < 1.29 is 9.53 Å². The number of likely N-dealkylation sites (N-methyl/N-ethyl adjacent to an activating group) is 1. The Balaban J connectivity index is 2.65. The Hall–Kier alpha value is -0.840. The Morgan fingerprint density at radius 3 is 2.62 bits per heavy atom. The topological polar surface area (TPSA) is 41.6 Å². The summed E-state index contributed by atoms with van der Waals surface area (Å²) in [5.74, 6) is 0. The van der Waals surface area contributed by atoms with Crippen LogP contribution >= 0.6 is 12.2 Å². The van der Waals surface area contributed by atoms with Crippen LogP contribution in [0.25, 0.3) is 0 Å². The van der Waals surface area contributed by atoms with Gasteiger partial charge in [-0.25, -0.2) is 4.79 Å². The molecule has 1 fully saturated rings. The van der Waals surface area contributed by atoms with Crippen molar-refractivity contribution in [2.24, 2.45) is 0 Å². The van der Waals surface area contributed by atoms with E-state index in [1.165, 1.54) is 0 Å². The average Bonchev–Trinajstić information content (AvgIpc) is 2.62. The van der Waals surface area contributed by atoms with Crippen LogP contribution in [0.1, 0.15) is 33.6 Å². The zero-order valence-electron chi connectivity index (χ0n) is 10.4. The number of hydrogen-bond acceptors (Lipinski definition) is 3. The number of ether oxygens (including phenoxy) is 1. The van der Waals surface area contributed by atoms with Crippen LogP contribution in [-0.2, 0) is 4.74 Å². The van der Waals surface area contributed by atoms with E-state index in [1.54, 1.807) is 11.9 Å². The molecule has 0 aromatic rings. The second-order valence-corrected chi connectivity index (χ2v) is 5.39. The molecule has 1 atom stereocenters. The van der Waals surface area contributed by atoms with Gasteiger partial charge in [0.05, 0.1) is 11.0 Å². The van der Waals surface area contributed by atoms with Gasteiger partial charge >= 0.3 is 6.09 Å². The second kappa shape index (κ2) is 4.99. The van der Waals surface area contributed by atoms with E-state index in [4.69, 9.17) is 17.0 Å². The quantitative estimate of drug-likeness (QED) is 0.716. The molecule has 0 aromatic heterocycles. The zero-order chi connectivity index (χ0) is 12.3. The predicted molar refractivity (Wildman–Crippen MR) is 67.6 cm³/mol. The molecule has 0 aromatic carbocycles. The van der Waals surface area contributed by atoms with Gasteiger partial charge < -0.3 is 10.1 Å². The SMILES string of the molecule is CNC(=S)[C@@H]1CCCN1C(=O)OC(C)(C)C. The lowest BCUT2D eigenvalue weighted by Crippen LogP contribution is -2.46.